The summed E-state index contributed by atoms with van der Waals surface area (Å²) in [5, 5.41) is 27.5. The van der Waals surface area contributed by atoms with E-state index in [9.17, 15) is 5.11 Å². The Hall–Kier alpha value is -1.38. The summed E-state index contributed by atoms with van der Waals surface area (Å²) in [6, 6.07) is 2.58. The summed E-state index contributed by atoms with van der Waals surface area (Å²) in [6.07, 6.45) is 1.50. The first kappa shape index (κ1) is 8.71. The van der Waals surface area contributed by atoms with Crippen molar-refractivity contribution in [3.05, 3.63) is 17.7 Å². The number of rotatable bonds is 2. The Balaban J connectivity index is 3.09. The predicted octanol–water partition coefficient (Wildman–Crippen LogP) is 1.76. The predicted molar refractivity (Wildman–Crippen MR) is 45.4 cm³/mol. The highest BCUT2D eigenvalue weighted by Gasteiger charge is 2.07. The van der Waals surface area contributed by atoms with E-state index in [0.29, 0.717) is 12.0 Å². The summed E-state index contributed by atoms with van der Waals surface area (Å²) in [5.41, 5.74) is 0.579. The third kappa shape index (κ3) is 1.61. The van der Waals surface area contributed by atoms with Gasteiger partial charge in [-0.1, -0.05) is 13.3 Å². The number of aromatic hydroxyl groups is 3. The highest BCUT2D eigenvalue weighted by molar-refractivity contribution is 5.49. The zero-order valence-electron chi connectivity index (χ0n) is 6.91. The topological polar surface area (TPSA) is 60.7 Å². The Bertz CT molecular complexity index is 281. The minimum absolute atomic E-state index is 0.0197. The molecule has 12 heavy (non-hydrogen) atoms. The minimum atomic E-state index is -0.265. The first-order valence-electron chi connectivity index (χ1n) is 3.89. The Morgan fingerprint density at radius 2 is 1.83 bits per heavy atom. The van der Waals surface area contributed by atoms with Gasteiger partial charge in [-0.15, -0.1) is 0 Å². The van der Waals surface area contributed by atoms with Crippen molar-refractivity contribution < 1.29 is 15.3 Å². The Morgan fingerprint density at radius 1 is 1.17 bits per heavy atom. The number of aryl methyl sites for hydroxylation is 1. The summed E-state index contributed by atoms with van der Waals surface area (Å²) in [6.45, 7) is 1.96. The van der Waals surface area contributed by atoms with Crippen LogP contribution in [0.2, 0.25) is 0 Å². The van der Waals surface area contributed by atoms with Gasteiger partial charge < -0.3 is 15.3 Å². The van der Waals surface area contributed by atoms with Crippen LogP contribution in [0.5, 0.6) is 17.2 Å². The highest BCUT2D eigenvalue weighted by atomic mass is 16.3. The van der Waals surface area contributed by atoms with Gasteiger partial charge in [0.2, 0.25) is 0 Å². The largest absolute Gasteiger partial charge is 0.508 e. The second-order valence-electron chi connectivity index (χ2n) is 2.72. The van der Waals surface area contributed by atoms with E-state index in [1.165, 1.54) is 6.07 Å². The molecule has 0 atom stereocenters. The van der Waals surface area contributed by atoms with E-state index in [-0.39, 0.29) is 17.2 Å². The molecule has 0 saturated carbocycles. The third-order valence-corrected chi connectivity index (χ3v) is 1.67. The summed E-state index contributed by atoms with van der Waals surface area (Å²) >= 11 is 0. The maximum Gasteiger partial charge on any atom is 0.161 e. The molecule has 0 amide bonds. The molecule has 0 spiro atoms. The van der Waals surface area contributed by atoms with Gasteiger partial charge >= 0.3 is 0 Å². The van der Waals surface area contributed by atoms with E-state index in [0.717, 1.165) is 12.5 Å². The van der Waals surface area contributed by atoms with Crippen LogP contribution in [-0.4, -0.2) is 15.3 Å². The lowest BCUT2D eigenvalue weighted by atomic mass is 10.1. The Labute approximate surface area is 70.9 Å². The molecule has 0 aliphatic carbocycles. The van der Waals surface area contributed by atoms with E-state index in [2.05, 4.69) is 0 Å². The number of phenolic OH excluding ortho intramolecular Hbond substituents is 3. The Kier molecular flexibility index (Phi) is 2.43. The average molecular weight is 168 g/mol. The molecule has 0 radical (unpaired) electrons. The maximum absolute atomic E-state index is 9.29. The molecule has 1 rings (SSSR count). The first-order valence-corrected chi connectivity index (χ1v) is 3.89. The number of hydrogen-bond donors (Lipinski definition) is 3. The van der Waals surface area contributed by atoms with Crippen LogP contribution in [0.15, 0.2) is 12.1 Å². The van der Waals surface area contributed by atoms with Gasteiger partial charge in [-0.3, -0.25) is 0 Å². The molecule has 66 valence electrons. The first-order chi connectivity index (χ1) is 5.65. The molecule has 0 fully saturated rings. The molecular formula is C9H12O3. The van der Waals surface area contributed by atoms with Gasteiger partial charge in [-0.05, 0) is 12.5 Å². The van der Waals surface area contributed by atoms with Crippen molar-refractivity contribution in [1.82, 2.24) is 0 Å². The minimum Gasteiger partial charge on any atom is -0.508 e. The SMILES string of the molecule is CCCc1cc(O)cc(O)c1O. The van der Waals surface area contributed by atoms with Crippen LogP contribution in [-0.2, 0) is 6.42 Å². The van der Waals surface area contributed by atoms with Crippen LogP contribution in [0, 0.1) is 0 Å². The van der Waals surface area contributed by atoms with Crippen molar-refractivity contribution in [2.24, 2.45) is 0 Å². The molecule has 0 aromatic heterocycles. The summed E-state index contributed by atoms with van der Waals surface area (Å²) in [7, 11) is 0. The van der Waals surface area contributed by atoms with Crippen LogP contribution in [0.3, 0.4) is 0 Å². The molecule has 1 aromatic carbocycles. The highest BCUT2D eigenvalue weighted by Crippen LogP contribution is 2.33. The van der Waals surface area contributed by atoms with Gasteiger partial charge in [0, 0.05) is 11.6 Å². The summed E-state index contributed by atoms with van der Waals surface area (Å²) in [5.74, 6) is -0.415. The van der Waals surface area contributed by atoms with Gasteiger partial charge in [-0.2, -0.15) is 0 Å². The number of benzene rings is 1. The fourth-order valence-electron chi connectivity index (χ4n) is 1.12. The van der Waals surface area contributed by atoms with E-state index < -0.39 is 0 Å². The molecule has 3 N–H and O–H groups in total. The fourth-order valence-corrected chi connectivity index (χ4v) is 1.12. The molecule has 0 aliphatic heterocycles. The molecule has 0 unspecified atom stereocenters. The lowest BCUT2D eigenvalue weighted by Gasteiger charge is -2.05. The molecule has 0 bridgehead atoms. The fraction of sp³-hybridized carbons (Fsp3) is 0.333. The zero-order chi connectivity index (χ0) is 9.14. The average Bonchev–Trinajstić information content (AvgIpc) is 2.00. The number of phenols is 3. The van der Waals surface area contributed by atoms with Crippen LogP contribution in [0.1, 0.15) is 18.9 Å². The summed E-state index contributed by atoms with van der Waals surface area (Å²) < 4.78 is 0. The van der Waals surface area contributed by atoms with Crippen molar-refractivity contribution in [3.8, 4) is 17.2 Å². The van der Waals surface area contributed by atoms with Gasteiger partial charge in [-0.25, -0.2) is 0 Å². The van der Waals surface area contributed by atoms with Gasteiger partial charge in [0.25, 0.3) is 0 Å². The van der Waals surface area contributed by atoms with E-state index in [1.807, 2.05) is 6.92 Å². The molecule has 0 saturated heterocycles. The second-order valence-corrected chi connectivity index (χ2v) is 2.72. The van der Waals surface area contributed by atoms with Gasteiger partial charge in [0.15, 0.2) is 11.5 Å². The van der Waals surface area contributed by atoms with Gasteiger partial charge in [0.1, 0.15) is 5.75 Å². The molecule has 0 aliphatic rings. The lowest BCUT2D eigenvalue weighted by molar-refractivity contribution is 0.391. The standard InChI is InChI=1S/C9H12O3/c1-2-3-6-4-7(10)5-8(11)9(6)12/h4-5,10-12H,2-3H2,1H3. The maximum atomic E-state index is 9.29. The van der Waals surface area contributed by atoms with Crippen molar-refractivity contribution in [3.63, 3.8) is 0 Å². The lowest BCUT2D eigenvalue weighted by Crippen LogP contribution is -1.84. The van der Waals surface area contributed by atoms with Crippen LogP contribution < -0.4 is 0 Å². The molecule has 3 heteroatoms. The van der Waals surface area contributed by atoms with E-state index in [4.69, 9.17) is 10.2 Å². The second kappa shape index (κ2) is 3.34. The molecular weight excluding hydrogens is 156 g/mol. The zero-order valence-corrected chi connectivity index (χ0v) is 6.91. The van der Waals surface area contributed by atoms with Crippen molar-refractivity contribution in [1.29, 1.82) is 0 Å². The van der Waals surface area contributed by atoms with Crippen molar-refractivity contribution in [2.75, 3.05) is 0 Å². The normalized spacial score (nSPS) is 10.1. The quantitative estimate of drug-likeness (QED) is 0.465. The van der Waals surface area contributed by atoms with Crippen molar-refractivity contribution >= 4 is 0 Å². The molecule has 3 nitrogen and oxygen atoms in total. The van der Waals surface area contributed by atoms with E-state index >= 15 is 0 Å². The molecule has 0 heterocycles. The molecule has 1 aromatic rings. The summed E-state index contributed by atoms with van der Waals surface area (Å²) in [4.78, 5) is 0. The van der Waals surface area contributed by atoms with Crippen LogP contribution >= 0.6 is 0 Å². The van der Waals surface area contributed by atoms with E-state index in [1.54, 1.807) is 0 Å². The Morgan fingerprint density at radius 3 is 2.42 bits per heavy atom. The van der Waals surface area contributed by atoms with Crippen molar-refractivity contribution in [2.45, 2.75) is 19.8 Å². The van der Waals surface area contributed by atoms with Crippen LogP contribution in [0.25, 0.3) is 0 Å². The smallest absolute Gasteiger partial charge is 0.161 e. The van der Waals surface area contributed by atoms with Gasteiger partial charge in [0.05, 0.1) is 0 Å². The van der Waals surface area contributed by atoms with Crippen LogP contribution in [0.4, 0.5) is 0 Å². The monoisotopic (exact) mass is 168 g/mol. The number of hydrogen-bond acceptors (Lipinski definition) is 3. The third-order valence-electron chi connectivity index (χ3n) is 1.67.